The van der Waals surface area contributed by atoms with E-state index in [2.05, 4.69) is 0 Å². The smallest absolute Gasteiger partial charge is 0.468 e. The van der Waals surface area contributed by atoms with Gasteiger partial charge in [-0.05, 0) is 0 Å². The molecule has 0 aliphatic heterocycles. The number of nitriles is 3. The van der Waals surface area contributed by atoms with Crippen LogP contribution in [0.25, 0.3) is 0 Å². The second-order valence-corrected chi connectivity index (χ2v) is 1.15. The van der Waals surface area contributed by atoms with Crippen LogP contribution in [0.3, 0.4) is 0 Å². The van der Waals surface area contributed by atoms with Crippen LogP contribution in [-0.4, -0.2) is 6.42 Å². The molecule has 0 saturated heterocycles. The third kappa shape index (κ3) is 2.78. The molecule has 0 N–H and O–H groups in total. The maximum Gasteiger partial charge on any atom is 1.00 e. The van der Waals surface area contributed by atoms with Crippen LogP contribution in [0.5, 0.6) is 0 Å². The molecule has 38 valence electrons. The Labute approximate surface area is 63.8 Å². The van der Waals surface area contributed by atoms with Crippen LogP contribution in [0.15, 0.2) is 0 Å². The van der Waals surface area contributed by atoms with E-state index in [1.807, 2.05) is 0 Å². The van der Waals surface area contributed by atoms with Crippen LogP contribution in [0.2, 0.25) is 0 Å². The van der Waals surface area contributed by atoms with Crippen molar-refractivity contribution in [3.63, 3.8) is 0 Å². The normalized spacial score (nSPS) is 7.33. The molecule has 0 aromatic rings. The maximum atomic E-state index is 12.0. The largest absolute Gasteiger partial charge is 1.00 e. The number of rotatable bonds is 0. The van der Waals surface area contributed by atoms with Crippen molar-refractivity contribution >= 4 is 6.42 Å². The summed E-state index contributed by atoms with van der Waals surface area (Å²) < 4.78 is 12.0. The molecule has 0 heterocycles. The third-order valence-corrected chi connectivity index (χ3v) is 0.534. The standard InChI is InChI=1S/C3BFN3.Li/c5-4(1-6,2-7)3-8;/q-1;+1. The fourth-order valence-corrected chi connectivity index (χ4v) is 0.0866. The molecule has 0 atom stereocenters. The van der Waals surface area contributed by atoms with E-state index in [-0.39, 0.29) is 18.9 Å². The van der Waals surface area contributed by atoms with Gasteiger partial charge in [-0.1, -0.05) is 17.9 Å². The Bertz CT molecular complexity index is 173. The van der Waals surface area contributed by atoms with Crippen molar-refractivity contribution in [1.29, 1.82) is 15.8 Å². The molecule has 0 aromatic heterocycles. The molecular formula is C3BFLiN3. The molecule has 0 fully saturated rings. The van der Waals surface area contributed by atoms with Gasteiger partial charge >= 0.3 is 25.3 Å². The third-order valence-electron chi connectivity index (χ3n) is 0.534. The molecule has 3 nitrogen and oxygen atoms in total. The van der Waals surface area contributed by atoms with Crippen LogP contribution in [0.1, 0.15) is 0 Å². The van der Waals surface area contributed by atoms with Crippen LogP contribution >= 0.6 is 0 Å². The summed E-state index contributed by atoms with van der Waals surface area (Å²) in [6, 6.07) is 0. The zero-order valence-electron chi connectivity index (χ0n) is 4.80. The Morgan fingerprint density at radius 3 is 1.22 bits per heavy atom. The van der Waals surface area contributed by atoms with E-state index in [0.29, 0.717) is 0 Å². The number of hydrogen-bond acceptors (Lipinski definition) is 3. The fourth-order valence-electron chi connectivity index (χ4n) is 0.0866. The molecule has 0 aromatic carbocycles. The van der Waals surface area contributed by atoms with Crippen molar-refractivity contribution in [2.75, 3.05) is 0 Å². The van der Waals surface area contributed by atoms with E-state index in [0.717, 1.165) is 17.9 Å². The predicted molar refractivity (Wildman–Crippen MR) is 23.7 cm³/mol. The first kappa shape index (κ1) is 10.9. The average Bonchev–Trinajstić information content (AvgIpc) is 1.87. The Hall–Kier alpha value is -0.938. The van der Waals surface area contributed by atoms with Crippen LogP contribution < -0.4 is 18.9 Å². The van der Waals surface area contributed by atoms with Crippen molar-refractivity contribution < 1.29 is 23.2 Å². The number of hydrogen-bond donors (Lipinski definition) is 0. The SMILES string of the molecule is N#C[B-](F)(C#N)C#N.[Li+]. The van der Waals surface area contributed by atoms with Gasteiger partial charge in [0.1, 0.15) is 0 Å². The summed E-state index contributed by atoms with van der Waals surface area (Å²) in [5.41, 5.74) is 0. The van der Waals surface area contributed by atoms with Crippen LogP contribution in [0, 0.1) is 33.7 Å². The Morgan fingerprint density at radius 1 is 1.00 bits per heavy atom. The summed E-state index contributed by atoms with van der Waals surface area (Å²) in [6.07, 6.45) is -3.54. The molecule has 9 heavy (non-hydrogen) atoms. The van der Waals surface area contributed by atoms with Gasteiger partial charge in [-0.15, -0.1) is 0 Å². The van der Waals surface area contributed by atoms with Gasteiger partial charge in [-0.3, -0.25) is 0 Å². The second kappa shape index (κ2) is 3.99. The molecular weight excluding hydrogens is 115 g/mol. The molecule has 6 heteroatoms. The van der Waals surface area contributed by atoms with Gasteiger partial charge < -0.3 is 4.32 Å². The molecule has 0 unspecified atom stereocenters. The number of nitrogens with zero attached hydrogens (tertiary/aromatic N) is 3. The van der Waals surface area contributed by atoms with Crippen molar-refractivity contribution in [2.24, 2.45) is 0 Å². The second-order valence-electron chi connectivity index (χ2n) is 1.15. The van der Waals surface area contributed by atoms with Crippen molar-refractivity contribution in [3.8, 4) is 17.9 Å². The van der Waals surface area contributed by atoms with Crippen molar-refractivity contribution in [3.05, 3.63) is 0 Å². The van der Waals surface area contributed by atoms with Crippen LogP contribution in [0.4, 0.5) is 4.32 Å². The molecule has 0 radical (unpaired) electrons. The molecule has 0 saturated carbocycles. The van der Waals surface area contributed by atoms with Gasteiger partial charge in [0.2, 0.25) is 0 Å². The first-order valence-electron chi connectivity index (χ1n) is 1.76. The van der Waals surface area contributed by atoms with Crippen molar-refractivity contribution in [2.45, 2.75) is 0 Å². The quantitative estimate of drug-likeness (QED) is 0.317. The Balaban J connectivity index is 0. The van der Waals surface area contributed by atoms with E-state index < -0.39 is 6.42 Å². The van der Waals surface area contributed by atoms with E-state index in [1.165, 1.54) is 0 Å². The van der Waals surface area contributed by atoms with Gasteiger partial charge in [0, 0.05) is 0 Å². The number of halogens is 1. The Kier molecular flexibility index (Phi) is 4.85. The topological polar surface area (TPSA) is 71.4 Å². The molecule has 0 aliphatic rings. The average molecular weight is 115 g/mol. The zero-order valence-corrected chi connectivity index (χ0v) is 4.80. The molecule has 0 aliphatic carbocycles. The Morgan fingerprint density at radius 2 is 1.22 bits per heavy atom. The van der Waals surface area contributed by atoms with E-state index in [4.69, 9.17) is 15.8 Å². The minimum Gasteiger partial charge on any atom is -0.468 e. The summed E-state index contributed by atoms with van der Waals surface area (Å²) in [4.78, 5) is 0. The summed E-state index contributed by atoms with van der Waals surface area (Å²) >= 11 is 0. The summed E-state index contributed by atoms with van der Waals surface area (Å²) in [7, 11) is 0. The zero-order chi connectivity index (χ0) is 6.62. The molecule has 0 amide bonds. The van der Waals surface area contributed by atoms with E-state index in [1.54, 1.807) is 0 Å². The first-order chi connectivity index (χ1) is 3.68. The van der Waals surface area contributed by atoms with E-state index in [9.17, 15) is 4.32 Å². The summed E-state index contributed by atoms with van der Waals surface area (Å²) in [5, 5.41) is 23.2. The van der Waals surface area contributed by atoms with Gasteiger partial charge in [0.05, 0.1) is 0 Å². The molecule has 0 rings (SSSR count). The minimum absolute atomic E-state index is 0. The monoisotopic (exact) mass is 115 g/mol. The maximum absolute atomic E-state index is 12.0. The molecule has 0 bridgehead atoms. The van der Waals surface area contributed by atoms with Gasteiger partial charge in [0.25, 0.3) is 0 Å². The van der Waals surface area contributed by atoms with E-state index >= 15 is 0 Å². The van der Waals surface area contributed by atoms with Gasteiger partial charge in [-0.2, -0.15) is 0 Å². The summed E-state index contributed by atoms with van der Waals surface area (Å²) in [5.74, 6) is 2.85. The van der Waals surface area contributed by atoms with Crippen molar-refractivity contribution in [1.82, 2.24) is 0 Å². The van der Waals surface area contributed by atoms with Crippen LogP contribution in [-0.2, 0) is 0 Å². The minimum atomic E-state index is -3.54. The molecule has 0 spiro atoms. The van der Waals surface area contributed by atoms with Gasteiger partial charge in [-0.25, -0.2) is 15.8 Å². The fraction of sp³-hybridized carbons (Fsp3) is 0. The van der Waals surface area contributed by atoms with Gasteiger partial charge in [0.15, 0.2) is 0 Å². The first-order valence-corrected chi connectivity index (χ1v) is 1.76. The predicted octanol–water partition coefficient (Wildman–Crippen LogP) is -2.91. The summed E-state index contributed by atoms with van der Waals surface area (Å²) in [6.45, 7) is 0.